The van der Waals surface area contributed by atoms with Gasteiger partial charge in [-0.25, -0.2) is 0 Å². The van der Waals surface area contributed by atoms with Crippen molar-refractivity contribution in [2.75, 3.05) is 33.2 Å². The summed E-state index contributed by atoms with van der Waals surface area (Å²) in [4.78, 5) is 15.9. The van der Waals surface area contributed by atoms with E-state index in [0.29, 0.717) is 6.42 Å². The Kier molecular flexibility index (Phi) is 4.78. The Morgan fingerprint density at radius 2 is 1.70 bits per heavy atom. The first-order valence-corrected chi connectivity index (χ1v) is 7.18. The molecule has 1 aromatic carbocycles. The number of aryl methyl sites for hydroxylation is 2. The monoisotopic (exact) mass is 276 g/mol. The van der Waals surface area contributed by atoms with Crippen molar-refractivity contribution in [3.05, 3.63) is 34.9 Å². The predicted molar refractivity (Wildman–Crippen MR) is 80.1 cm³/mol. The van der Waals surface area contributed by atoms with Gasteiger partial charge in [0, 0.05) is 26.2 Å². The van der Waals surface area contributed by atoms with E-state index in [1.54, 1.807) is 0 Å². The molecule has 0 unspecified atom stereocenters. The van der Waals surface area contributed by atoms with Gasteiger partial charge >= 0.3 is 5.97 Å². The number of nitrogens with zero attached hydrogens (tertiary/aromatic N) is 2. The summed E-state index contributed by atoms with van der Waals surface area (Å²) in [7, 11) is 2.08. The number of hydrogen-bond donors (Lipinski definition) is 1. The quantitative estimate of drug-likeness (QED) is 0.906. The Bertz CT molecular complexity index is 459. The van der Waals surface area contributed by atoms with Gasteiger partial charge in [-0.05, 0) is 32.9 Å². The van der Waals surface area contributed by atoms with Crippen LogP contribution in [0.25, 0.3) is 0 Å². The summed E-state index contributed by atoms with van der Waals surface area (Å²) in [6.45, 7) is 7.66. The topological polar surface area (TPSA) is 43.8 Å². The molecule has 0 saturated carbocycles. The van der Waals surface area contributed by atoms with E-state index >= 15 is 0 Å². The number of carbonyl (C=O) groups is 1. The van der Waals surface area contributed by atoms with Crippen molar-refractivity contribution in [1.29, 1.82) is 0 Å². The van der Waals surface area contributed by atoms with Crippen LogP contribution in [-0.4, -0.2) is 60.1 Å². The second kappa shape index (κ2) is 6.37. The lowest BCUT2D eigenvalue weighted by Crippen LogP contribution is -2.52. The van der Waals surface area contributed by atoms with Crippen LogP contribution in [0, 0.1) is 13.8 Å². The normalized spacial score (nSPS) is 18.9. The molecule has 1 aromatic rings. The zero-order valence-electron chi connectivity index (χ0n) is 12.6. The number of aliphatic carboxylic acids is 1. The minimum Gasteiger partial charge on any atom is -0.480 e. The van der Waals surface area contributed by atoms with Crippen molar-refractivity contribution in [2.45, 2.75) is 26.3 Å². The van der Waals surface area contributed by atoms with Crippen LogP contribution in [0.2, 0.25) is 0 Å². The lowest BCUT2D eigenvalue weighted by atomic mass is 10.00. The van der Waals surface area contributed by atoms with Crippen molar-refractivity contribution < 1.29 is 9.90 Å². The maximum atomic E-state index is 11.6. The molecule has 1 aliphatic heterocycles. The van der Waals surface area contributed by atoms with Crippen molar-refractivity contribution in [3.8, 4) is 0 Å². The van der Waals surface area contributed by atoms with Gasteiger partial charge in [-0.3, -0.25) is 9.69 Å². The SMILES string of the molecule is Cc1cc(C)cc(C[C@@H](C(=O)O)N2CCN(C)CC2)c1. The molecule has 0 aliphatic carbocycles. The van der Waals surface area contributed by atoms with E-state index in [9.17, 15) is 9.90 Å². The lowest BCUT2D eigenvalue weighted by molar-refractivity contribution is -0.144. The molecule has 0 aromatic heterocycles. The Morgan fingerprint density at radius 1 is 1.15 bits per heavy atom. The second-order valence-electron chi connectivity index (χ2n) is 5.89. The average molecular weight is 276 g/mol. The van der Waals surface area contributed by atoms with Crippen LogP contribution in [0.5, 0.6) is 0 Å². The van der Waals surface area contributed by atoms with Gasteiger partial charge in [0.15, 0.2) is 0 Å². The van der Waals surface area contributed by atoms with Gasteiger partial charge in [-0.2, -0.15) is 0 Å². The number of likely N-dealkylation sites (N-methyl/N-ethyl adjacent to an activating group) is 1. The third kappa shape index (κ3) is 3.81. The first-order valence-electron chi connectivity index (χ1n) is 7.18. The number of carboxylic acid groups (broad SMARTS) is 1. The van der Waals surface area contributed by atoms with Gasteiger partial charge in [0.1, 0.15) is 6.04 Å². The van der Waals surface area contributed by atoms with Gasteiger partial charge < -0.3 is 10.0 Å². The summed E-state index contributed by atoms with van der Waals surface area (Å²) in [6.07, 6.45) is 0.585. The first-order chi connectivity index (χ1) is 9.45. The number of benzene rings is 1. The highest BCUT2D eigenvalue weighted by molar-refractivity contribution is 5.74. The molecule has 1 aliphatic rings. The highest BCUT2D eigenvalue weighted by Gasteiger charge is 2.28. The second-order valence-corrected chi connectivity index (χ2v) is 5.89. The van der Waals surface area contributed by atoms with E-state index in [1.165, 1.54) is 11.1 Å². The molecule has 0 bridgehead atoms. The van der Waals surface area contributed by atoms with Gasteiger partial charge in [-0.1, -0.05) is 29.3 Å². The fourth-order valence-electron chi connectivity index (χ4n) is 2.92. The van der Waals surface area contributed by atoms with E-state index in [1.807, 2.05) is 0 Å². The van der Waals surface area contributed by atoms with Crippen molar-refractivity contribution in [1.82, 2.24) is 9.80 Å². The first kappa shape index (κ1) is 15.0. The summed E-state index contributed by atoms with van der Waals surface area (Å²) in [6, 6.07) is 5.90. The zero-order chi connectivity index (χ0) is 14.7. The summed E-state index contributed by atoms with van der Waals surface area (Å²) >= 11 is 0. The molecule has 0 amide bonds. The molecular weight excluding hydrogens is 252 g/mol. The molecule has 1 fully saturated rings. The highest BCUT2D eigenvalue weighted by Crippen LogP contribution is 2.15. The number of hydrogen-bond acceptors (Lipinski definition) is 3. The molecule has 4 heteroatoms. The van der Waals surface area contributed by atoms with Gasteiger partial charge in [0.05, 0.1) is 0 Å². The van der Waals surface area contributed by atoms with Crippen molar-refractivity contribution >= 4 is 5.97 Å². The van der Waals surface area contributed by atoms with Crippen LogP contribution in [0.15, 0.2) is 18.2 Å². The van der Waals surface area contributed by atoms with Gasteiger partial charge in [-0.15, -0.1) is 0 Å². The summed E-state index contributed by atoms with van der Waals surface area (Å²) in [5.41, 5.74) is 3.51. The lowest BCUT2D eigenvalue weighted by Gasteiger charge is -2.36. The van der Waals surface area contributed by atoms with E-state index in [0.717, 1.165) is 31.7 Å². The van der Waals surface area contributed by atoms with Crippen molar-refractivity contribution in [2.24, 2.45) is 0 Å². The Labute approximate surface area is 121 Å². The van der Waals surface area contributed by atoms with Crippen LogP contribution in [0.4, 0.5) is 0 Å². The van der Waals surface area contributed by atoms with Crippen LogP contribution in [-0.2, 0) is 11.2 Å². The van der Waals surface area contributed by atoms with Crippen molar-refractivity contribution in [3.63, 3.8) is 0 Å². The molecule has 1 N–H and O–H groups in total. The summed E-state index contributed by atoms with van der Waals surface area (Å²) in [5, 5.41) is 9.54. The standard InChI is InChI=1S/C16H24N2O2/c1-12-8-13(2)10-14(9-12)11-15(16(19)20)18-6-4-17(3)5-7-18/h8-10,15H,4-7,11H2,1-3H3,(H,19,20)/t15-/m0/s1. The molecule has 1 heterocycles. The highest BCUT2D eigenvalue weighted by atomic mass is 16.4. The summed E-state index contributed by atoms with van der Waals surface area (Å²) in [5.74, 6) is -0.714. The Hall–Kier alpha value is -1.39. The van der Waals surface area contributed by atoms with E-state index in [2.05, 4.69) is 48.9 Å². The largest absolute Gasteiger partial charge is 0.480 e. The van der Waals surface area contributed by atoms with E-state index < -0.39 is 12.0 Å². The Morgan fingerprint density at radius 3 is 2.20 bits per heavy atom. The van der Waals surface area contributed by atoms with Crippen LogP contribution in [0.1, 0.15) is 16.7 Å². The minimum atomic E-state index is -0.714. The molecule has 0 spiro atoms. The predicted octanol–water partition coefficient (Wildman–Crippen LogP) is 1.55. The Balaban J connectivity index is 2.11. The van der Waals surface area contributed by atoms with Gasteiger partial charge in [0.2, 0.25) is 0 Å². The average Bonchev–Trinajstić information content (AvgIpc) is 2.36. The molecule has 1 atom stereocenters. The van der Waals surface area contributed by atoms with E-state index in [4.69, 9.17) is 0 Å². The molecule has 1 saturated heterocycles. The number of piperazine rings is 1. The fraction of sp³-hybridized carbons (Fsp3) is 0.562. The maximum absolute atomic E-state index is 11.6. The third-order valence-electron chi connectivity index (χ3n) is 3.97. The molecule has 0 radical (unpaired) electrons. The minimum absolute atomic E-state index is 0.412. The van der Waals surface area contributed by atoms with Crippen LogP contribution >= 0.6 is 0 Å². The maximum Gasteiger partial charge on any atom is 0.321 e. The van der Waals surface area contributed by atoms with E-state index in [-0.39, 0.29) is 0 Å². The molecule has 20 heavy (non-hydrogen) atoms. The molecule has 110 valence electrons. The van der Waals surface area contributed by atoms with Crippen LogP contribution < -0.4 is 0 Å². The number of rotatable bonds is 4. The third-order valence-corrected chi connectivity index (χ3v) is 3.97. The summed E-state index contributed by atoms with van der Waals surface area (Å²) < 4.78 is 0. The molecule has 4 nitrogen and oxygen atoms in total. The molecular formula is C16H24N2O2. The fourth-order valence-corrected chi connectivity index (χ4v) is 2.92. The zero-order valence-corrected chi connectivity index (χ0v) is 12.6. The number of carboxylic acids is 1. The van der Waals surface area contributed by atoms with Gasteiger partial charge in [0.25, 0.3) is 0 Å². The smallest absolute Gasteiger partial charge is 0.321 e. The van der Waals surface area contributed by atoms with Crippen LogP contribution in [0.3, 0.4) is 0 Å². The molecule has 2 rings (SSSR count).